The second-order valence-electron chi connectivity index (χ2n) is 7.46. The molecule has 150 valence electrons. The number of piperidine rings is 1. The first kappa shape index (κ1) is 20.4. The van der Waals surface area contributed by atoms with Crippen LogP contribution in [-0.4, -0.2) is 41.9 Å². The van der Waals surface area contributed by atoms with E-state index in [2.05, 4.69) is 33.6 Å². The minimum absolute atomic E-state index is 0.179. The Morgan fingerprint density at radius 1 is 1.18 bits per heavy atom. The van der Waals surface area contributed by atoms with Crippen molar-refractivity contribution in [1.29, 1.82) is 0 Å². The van der Waals surface area contributed by atoms with Crippen molar-refractivity contribution in [3.63, 3.8) is 0 Å². The van der Waals surface area contributed by atoms with E-state index in [1.807, 2.05) is 12.1 Å². The van der Waals surface area contributed by atoms with Crippen LogP contribution in [0.15, 0.2) is 41.1 Å². The van der Waals surface area contributed by atoms with Crippen molar-refractivity contribution < 1.29 is 9.59 Å². The standard InChI is InChI=1S/C21H28N4O2S/c1-15(12-20(22)26)24-9-6-19(7-10-24)25(13-16-8-11-28-14-16)18-4-2-17(3-5-18)21(23)27/h2-5,8,11,14-15,19H,6-7,9-10,12-13H2,1H3,(H2,22,26)(H2,23,27). The van der Waals surface area contributed by atoms with Gasteiger partial charge in [-0.05, 0) is 66.4 Å². The highest BCUT2D eigenvalue weighted by Gasteiger charge is 2.28. The van der Waals surface area contributed by atoms with Crippen LogP contribution in [0.3, 0.4) is 0 Å². The number of likely N-dealkylation sites (tertiary alicyclic amines) is 1. The van der Waals surface area contributed by atoms with Crippen LogP contribution in [-0.2, 0) is 11.3 Å². The molecule has 1 aliphatic rings. The molecular weight excluding hydrogens is 372 g/mol. The van der Waals surface area contributed by atoms with Crippen molar-refractivity contribution in [3.8, 4) is 0 Å². The SMILES string of the molecule is CC(CC(N)=O)N1CCC(N(Cc2ccsc2)c2ccc(C(N)=O)cc2)CC1. The van der Waals surface area contributed by atoms with Gasteiger partial charge in [-0.2, -0.15) is 11.3 Å². The molecule has 6 nitrogen and oxygen atoms in total. The quantitative estimate of drug-likeness (QED) is 0.712. The number of anilines is 1. The van der Waals surface area contributed by atoms with Crippen LogP contribution >= 0.6 is 11.3 Å². The maximum absolute atomic E-state index is 11.4. The zero-order valence-electron chi connectivity index (χ0n) is 16.2. The predicted molar refractivity (Wildman–Crippen MR) is 113 cm³/mol. The summed E-state index contributed by atoms with van der Waals surface area (Å²) < 4.78 is 0. The Bertz CT molecular complexity index is 783. The summed E-state index contributed by atoms with van der Waals surface area (Å²) in [5, 5.41) is 4.27. The molecule has 0 spiro atoms. The van der Waals surface area contributed by atoms with Crippen molar-refractivity contribution in [2.75, 3.05) is 18.0 Å². The third-order valence-electron chi connectivity index (χ3n) is 5.48. The number of primary amides is 2. The van der Waals surface area contributed by atoms with Crippen molar-refractivity contribution >= 4 is 28.8 Å². The lowest BCUT2D eigenvalue weighted by Gasteiger charge is -2.41. The largest absolute Gasteiger partial charge is 0.370 e. The fraction of sp³-hybridized carbons (Fsp3) is 0.429. The van der Waals surface area contributed by atoms with Crippen molar-refractivity contribution in [1.82, 2.24) is 4.90 Å². The van der Waals surface area contributed by atoms with E-state index >= 15 is 0 Å². The van der Waals surface area contributed by atoms with Gasteiger partial charge in [0.1, 0.15) is 0 Å². The number of hydrogen-bond acceptors (Lipinski definition) is 5. The minimum atomic E-state index is -0.410. The average Bonchev–Trinajstić information content (AvgIpc) is 3.19. The van der Waals surface area contributed by atoms with Gasteiger partial charge in [-0.1, -0.05) is 0 Å². The summed E-state index contributed by atoms with van der Waals surface area (Å²) in [7, 11) is 0. The molecule has 2 amide bonds. The number of hydrogen-bond donors (Lipinski definition) is 2. The Morgan fingerprint density at radius 3 is 2.39 bits per heavy atom. The molecule has 1 aliphatic heterocycles. The molecule has 0 bridgehead atoms. The van der Waals surface area contributed by atoms with Gasteiger partial charge >= 0.3 is 0 Å². The predicted octanol–water partition coefficient (Wildman–Crippen LogP) is 2.58. The number of benzene rings is 1. The maximum Gasteiger partial charge on any atom is 0.248 e. The zero-order valence-corrected chi connectivity index (χ0v) is 17.0. The Morgan fingerprint density at radius 2 is 1.86 bits per heavy atom. The Labute approximate surface area is 170 Å². The highest BCUT2D eigenvalue weighted by molar-refractivity contribution is 7.07. The number of carbonyl (C=O) groups is 2. The first-order valence-corrected chi connectivity index (χ1v) is 10.6. The number of rotatable bonds is 8. The van der Waals surface area contributed by atoms with E-state index in [-0.39, 0.29) is 11.9 Å². The van der Waals surface area contributed by atoms with Gasteiger partial charge in [-0.25, -0.2) is 0 Å². The van der Waals surface area contributed by atoms with E-state index in [9.17, 15) is 9.59 Å². The Balaban J connectivity index is 1.73. The van der Waals surface area contributed by atoms with E-state index in [1.165, 1.54) is 5.56 Å². The summed E-state index contributed by atoms with van der Waals surface area (Å²) in [6.07, 6.45) is 2.44. The van der Waals surface area contributed by atoms with Gasteiger partial charge in [-0.3, -0.25) is 14.5 Å². The lowest BCUT2D eigenvalue weighted by atomic mass is 9.99. The first-order valence-electron chi connectivity index (χ1n) is 9.64. The third-order valence-corrected chi connectivity index (χ3v) is 6.21. The summed E-state index contributed by atoms with van der Waals surface area (Å²) in [4.78, 5) is 27.4. The van der Waals surface area contributed by atoms with Gasteiger partial charge < -0.3 is 16.4 Å². The zero-order chi connectivity index (χ0) is 20.1. The summed E-state index contributed by atoms with van der Waals surface area (Å²) in [6, 6.07) is 10.3. The Kier molecular flexibility index (Phi) is 6.70. The van der Waals surface area contributed by atoms with E-state index < -0.39 is 5.91 Å². The average molecular weight is 401 g/mol. The second-order valence-corrected chi connectivity index (χ2v) is 8.24. The van der Waals surface area contributed by atoms with Crippen LogP contribution in [0.1, 0.15) is 42.1 Å². The van der Waals surface area contributed by atoms with Gasteiger partial charge in [0, 0.05) is 49.4 Å². The van der Waals surface area contributed by atoms with Crippen LogP contribution in [0.2, 0.25) is 0 Å². The van der Waals surface area contributed by atoms with Gasteiger partial charge in [0.2, 0.25) is 11.8 Å². The van der Waals surface area contributed by atoms with Crippen LogP contribution in [0.4, 0.5) is 5.69 Å². The maximum atomic E-state index is 11.4. The normalized spacial score (nSPS) is 16.6. The lowest BCUT2D eigenvalue weighted by Crippen LogP contribution is -2.48. The van der Waals surface area contributed by atoms with Gasteiger partial charge in [0.15, 0.2) is 0 Å². The number of thiophene rings is 1. The minimum Gasteiger partial charge on any atom is -0.370 e. The van der Waals surface area contributed by atoms with E-state index in [4.69, 9.17) is 11.5 Å². The van der Waals surface area contributed by atoms with E-state index in [0.29, 0.717) is 18.0 Å². The molecule has 2 heterocycles. The summed E-state index contributed by atoms with van der Waals surface area (Å²) in [6.45, 7) is 4.79. The monoisotopic (exact) mass is 400 g/mol. The van der Waals surface area contributed by atoms with Gasteiger partial charge in [0.05, 0.1) is 0 Å². The van der Waals surface area contributed by atoms with Gasteiger partial charge in [-0.15, -0.1) is 0 Å². The molecule has 3 rings (SSSR count). The fourth-order valence-electron chi connectivity index (χ4n) is 3.89. The molecule has 7 heteroatoms. The summed E-state index contributed by atoms with van der Waals surface area (Å²) in [5.41, 5.74) is 13.6. The number of amides is 2. The number of nitrogens with two attached hydrogens (primary N) is 2. The van der Waals surface area contributed by atoms with Crippen molar-refractivity contribution in [3.05, 3.63) is 52.2 Å². The molecule has 28 heavy (non-hydrogen) atoms. The molecule has 2 aromatic rings. The summed E-state index contributed by atoms with van der Waals surface area (Å²) in [5.74, 6) is -0.657. The van der Waals surface area contributed by atoms with Crippen LogP contribution in [0.25, 0.3) is 0 Å². The smallest absolute Gasteiger partial charge is 0.248 e. The lowest BCUT2D eigenvalue weighted by molar-refractivity contribution is -0.119. The third kappa shape index (κ3) is 5.11. The van der Waals surface area contributed by atoms with E-state index in [1.54, 1.807) is 23.5 Å². The van der Waals surface area contributed by atoms with Gasteiger partial charge in [0.25, 0.3) is 0 Å². The molecule has 1 unspecified atom stereocenters. The first-order chi connectivity index (χ1) is 13.4. The molecule has 0 aliphatic carbocycles. The van der Waals surface area contributed by atoms with Crippen LogP contribution in [0, 0.1) is 0 Å². The van der Waals surface area contributed by atoms with E-state index in [0.717, 1.165) is 38.2 Å². The fourth-order valence-corrected chi connectivity index (χ4v) is 4.55. The highest BCUT2D eigenvalue weighted by atomic mass is 32.1. The molecule has 0 radical (unpaired) electrons. The highest BCUT2D eigenvalue weighted by Crippen LogP contribution is 2.27. The van der Waals surface area contributed by atoms with Crippen molar-refractivity contribution in [2.45, 2.75) is 44.8 Å². The second kappa shape index (κ2) is 9.21. The number of nitrogens with zero attached hydrogens (tertiary/aromatic N) is 2. The molecule has 1 saturated heterocycles. The number of carbonyl (C=O) groups excluding carboxylic acids is 2. The topological polar surface area (TPSA) is 92.7 Å². The Hall–Kier alpha value is -2.38. The molecule has 1 atom stereocenters. The molecule has 1 aromatic carbocycles. The molecule has 0 saturated carbocycles. The summed E-state index contributed by atoms with van der Waals surface area (Å²) >= 11 is 1.70. The van der Waals surface area contributed by atoms with Crippen LogP contribution in [0.5, 0.6) is 0 Å². The van der Waals surface area contributed by atoms with Crippen LogP contribution < -0.4 is 16.4 Å². The molecular formula is C21H28N4O2S. The molecule has 1 fully saturated rings. The molecule has 1 aromatic heterocycles. The van der Waals surface area contributed by atoms with Crippen molar-refractivity contribution in [2.24, 2.45) is 11.5 Å². The molecule has 4 N–H and O–H groups in total.